The molecule has 0 amide bonds. The number of likely N-dealkylation sites (tertiary alicyclic amines) is 1. The first kappa shape index (κ1) is 13.7. The molecule has 0 aromatic rings. The summed E-state index contributed by atoms with van der Waals surface area (Å²) >= 11 is 4.91. The first-order chi connectivity index (χ1) is 7.36. The van der Waals surface area contributed by atoms with Crippen molar-refractivity contribution >= 4 is 17.2 Å². The van der Waals surface area contributed by atoms with E-state index < -0.39 is 12.1 Å². The Kier molecular flexibility index (Phi) is 4.55. The van der Waals surface area contributed by atoms with Crippen LogP contribution in [0.1, 0.15) is 26.2 Å². The molecule has 1 rings (SSSR count). The van der Waals surface area contributed by atoms with Crippen molar-refractivity contribution in [2.75, 3.05) is 13.1 Å². The van der Waals surface area contributed by atoms with Gasteiger partial charge >= 0.3 is 6.18 Å². The molecular weight excluding hydrogens is 237 g/mol. The van der Waals surface area contributed by atoms with Crippen molar-refractivity contribution in [1.29, 1.82) is 0 Å². The molecule has 0 radical (unpaired) electrons. The highest BCUT2D eigenvalue weighted by atomic mass is 32.1. The summed E-state index contributed by atoms with van der Waals surface area (Å²) in [6.45, 7) is 2.81. The largest absolute Gasteiger partial charge is 0.392 e. The predicted molar refractivity (Wildman–Crippen MR) is 61.2 cm³/mol. The maximum atomic E-state index is 12.4. The van der Waals surface area contributed by atoms with E-state index in [1.807, 2.05) is 11.8 Å². The van der Waals surface area contributed by atoms with Crippen LogP contribution in [0.15, 0.2) is 0 Å². The Bertz CT molecular complexity index is 247. The minimum Gasteiger partial charge on any atom is -0.392 e. The number of hydrogen-bond donors (Lipinski definition) is 1. The van der Waals surface area contributed by atoms with Gasteiger partial charge in [-0.15, -0.1) is 0 Å². The van der Waals surface area contributed by atoms with Gasteiger partial charge in [-0.2, -0.15) is 13.2 Å². The Balaban J connectivity index is 2.51. The molecular formula is C10H17F3N2S. The number of hydrogen-bond acceptors (Lipinski definition) is 2. The van der Waals surface area contributed by atoms with Crippen LogP contribution in [0.4, 0.5) is 13.2 Å². The quantitative estimate of drug-likeness (QED) is 0.784. The molecule has 0 saturated carbocycles. The third-order valence-corrected chi connectivity index (χ3v) is 3.42. The van der Waals surface area contributed by atoms with Crippen molar-refractivity contribution in [1.82, 2.24) is 4.90 Å². The van der Waals surface area contributed by atoms with Gasteiger partial charge in [0.25, 0.3) is 0 Å². The van der Waals surface area contributed by atoms with Crippen LogP contribution in [0.25, 0.3) is 0 Å². The molecule has 94 valence electrons. The summed E-state index contributed by atoms with van der Waals surface area (Å²) < 4.78 is 37.3. The number of rotatable bonds is 3. The van der Waals surface area contributed by atoms with Crippen molar-refractivity contribution in [2.24, 2.45) is 11.7 Å². The molecule has 1 aliphatic rings. The van der Waals surface area contributed by atoms with Gasteiger partial charge in [-0.1, -0.05) is 19.1 Å². The van der Waals surface area contributed by atoms with Crippen LogP contribution in [0.5, 0.6) is 0 Å². The van der Waals surface area contributed by atoms with Gasteiger partial charge in [-0.3, -0.25) is 4.90 Å². The molecule has 16 heavy (non-hydrogen) atoms. The molecule has 0 aliphatic carbocycles. The number of nitrogens with two attached hydrogens (primary N) is 1. The van der Waals surface area contributed by atoms with Crippen molar-refractivity contribution < 1.29 is 13.2 Å². The van der Waals surface area contributed by atoms with Crippen molar-refractivity contribution in [3.05, 3.63) is 0 Å². The van der Waals surface area contributed by atoms with Crippen molar-refractivity contribution in [2.45, 2.75) is 38.4 Å². The standard InChI is InChI=1S/C10H17F3N2S/c1-2-8(9(14)16)15-5-3-7(4-6-15)10(11,12)13/h7-8H,2-6H2,1H3,(H2,14,16). The fraction of sp³-hybridized carbons (Fsp3) is 0.900. The molecule has 1 atom stereocenters. The van der Waals surface area contributed by atoms with E-state index in [2.05, 4.69) is 0 Å². The van der Waals surface area contributed by atoms with Gasteiger partial charge < -0.3 is 5.73 Å². The minimum atomic E-state index is -4.06. The van der Waals surface area contributed by atoms with E-state index in [4.69, 9.17) is 18.0 Å². The lowest BCUT2D eigenvalue weighted by molar-refractivity contribution is -0.185. The van der Waals surface area contributed by atoms with Crippen LogP contribution in [-0.2, 0) is 0 Å². The van der Waals surface area contributed by atoms with Crippen molar-refractivity contribution in [3.63, 3.8) is 0 Å². The summed E-state index contributed by atoms with van der Waals surface area (Å²) in [6.07, 6.45) is -2.99. The highest BCUT2D eigenvalue weighted by Gasteiger charge is 2.41. The summed E-state index contributed by atoms with van der Waals surface area (Å²) in [4.78, 5) is 2.35. The average molecular weight is 254 g/mol. The first-order valence-electron chi connectivity index (χ1n) is 5.46. The van der Waals surface area contributed by atoms with Gasteiger partial charge in [0.15, 0.2) is 0 Å². The summed E-state index contributed by atoms with van der Waals surface area (Å²) in [5, 5.41) is 0. The minimum absolute atomic E-state index is 0.0517. The van der Waals surface area contributed by atoms with E-state index >= 15 is 0 Å². The summed E-state index contributed by atoms with van der Waals surface area (Å²) in [5.41, 5.74) is 5.57. The van der Waals surface area contributed by atoms with E-state index in [9.17, 15) is 13.2 Å². The Hall–Kier alpha value is -0.360. The van der Waals surface area contributed by atoms with E-state index in [1.54, 1.807) is 0 Å². The SMILES string of the molecule is CCC(C(N)=S)N1CCC(C(F)(F)F)CC1. The maximum Gasteiger partial charge on any atom is 0.391 e. The molecule has 1 fully saturated rings. The molecule has 1 aliphatic heterocycles. The Morgan fingerprint density at radius 1 is 1.44 bits per heavy atom. The predicted octanol–water partition coefficient (Wildman–Crippen LogP) is 2.33. The molecule has 2 N–H and O–H groups in total. The van der Waals surface area contributed by atoms with Gasteiger partial charge in [0.1, 0.15) is 0 Å². The zero-order valence-corrected chi connectivity index (χ0v) is 10.1. The normalized spacial score (nSPS) is 22.0. The third kappa shape index (κ3) is 3.31. The fourth-order valence-corrected chi connectivity index (χ4v) is 2.49. The van der Waals surface area contributed by atoms with Crippen LogP contribution in [0, 0.1) is 5.92 Å². The number of halogens is 3. The topological polar surface area (TPSA) is 29.3 Å². The number of alkyl halides is 3. The zero-order valence-electron chi connectivity index (χ0n) is 9.26. The van der Waals surface area contributed by atoms with E-state index in [0.717, 1.165) is 6.42 Å². The Morgan fingerprint density at radius 2 is 1.94 bits per heavy atom. The lowest BCUT2D eigenvalue weighted by Crippen LogP contribution is -2.48. The van der Waals surface area contributed by atoms with Crippen molar-refractivity contribution in [3.8, 4) is 0 Å². The van der Waals surface area contributed by atoms with Gasteiger partial charge in [-0.25, -0.2) is 0 Å². The monoisotopic (exact) mass is 254 g/mol. The van der Waals surface area contributed by atoms with Gasteiger partial charge in [0, 0.05) is 0 Å². The molecule has 1 unspecified atom stereocenters. The molecule has 0 aromatic heterocycles. The molecule has 1 heterocycles. The first-order valence-corrected chi connectivity index (χ1v) is 5.87. The molecule has 6 heteroatoms. The highest BCUT2D eigenvalue weighted by molar-refractivity contribution is 7.80. The van der Waals surface area contributed by atoms with E-state index in [0.29, 0.717) is 18.1 Å². The second kappa shape index (κ2) is 5.31. The van der Waals surface area contributed by atoms with Gasteiger partial charge in [0.2, 0.25) is 0 Å². The smallest absolute Gasteiger partial charge is 0.391 e. The molecule has 0 spiro atoms. The number of thiocarbonyl (C=S) groups is 1. The molecule has 0 bridgehead atoms. The Labute approximate surface area is 99.0 Å². The molecule has 2 nitrogen and oxygen atoms in total. The van der Waals surface area contributed by atoms with E-state index in [-0.39, 0.29) is 18.9 Å². The second-order valence-corrected chi connectivity index (χ2v) is 4.65. The van der Waals surface area contributed by atoms with E-state index in [1.165, 1.54) is 0 Å². The summed E-state index contributed by atoms with van der Waals surface area (Å²) in [5.74, 6) is -1.16. The van der Waals surface area contributed by atoms with Crippen LogP contribution < -0.4 is 5.73 Å². The van der Waals surface area contributed by atoms with Gasteiger partial charge in [-0.05, 0) is 32.4 Å². The highest BCUT2D eigenvalue weighted by Crippen LogP contribution is 2.34. The molecule has 0 aromatic carbocycles. The summed E-state index contributed by atoms with van der Waals surface area (Å²) in [6, 6.07) is -0.0517. The number of piperidine rings is 1. The third-order valence-electron chi connectivity index (χ3n) is 3.15. The number of nitrogens with zero attached hydrogens (tertiary/aromatic N) is 1. The lowest BCUT2D eigenvalue weighted by atomic mass is 9.95. The van der Waals surface area contributed by atoms with Gasteiger partial charge in [0.05, 0.1) is 16.9 Å². The fourth-order valence-electron chi connectivity index (χ4n) is 2.18. The average Bonchev–Trinajstić information content (AvgIpc) is 2.17. The van der Waals surface area contributed by atoms with Crippen LogP contribution in [0.2, 0.25) is 0 Å². The zero-order chi connectivity index (χ0) is 12.3. The molecule has 1 saturated heterocycles. The van der Waals surface area contributed by atoms with Crippen LogP contribution >= 0.6 is 12.2 Å². The summed E-state index contributed by atoms with van der Waals surface area (Å²) in [7, 11) is 0. The Morgan fingerprint density at radius 3 is 2.25 bits per heavy atom. The lowest BCUT2D eigenvalue weighted by Gasteiger charge is -2.37. The second-order valence-electron chi connectivity index (χ2n) is 4.18. The van der Waals surface area contributed by atoms with Crippen LogP contribution in [0.3, 0.4) is 0 Å². The maximum absolute atomic E-state index is 12.4. The van der Waals surface area contributed by atoms with Crippen LogP contribution in [-0.4, -0.2) is 35.2 Å².